The van der Waals surface area contributed by atoms with E-state index < -0.39 is 0 Å². The van der Waals surface area contributed by atoms with E-state index >= 15 is 0 Å². The average molecular weight is 518 g/mol. The average Bonchev–Trinajstić information content (AvgIpc) is 3.40. The van der Waals surface area contributed by atoms with Gasteiger partial charge in [0.05, 0.1) is 4.88 Å². The van der Waals surface area contributed by atoms with E-state index in [-0.39, 0.29) is 11.5 Å². The van der Waals surface area contributed by atoms with Crippen molar-refractivity contribution in [2.24, 2.45) is 5.92 Å². The molecule has 0 spiro atoms. The van der Waals surface area contributed by atoms with E-state index in [0.29, 0.717) is 17.0 Å². The van der Waals surface area contributed by atoms with Crippen molar-refractivity contribution in [3.63, 3.8) is 0 Å². The Hall–Kier alpha value is -2.66. The molecule has 1 aromatic heterocycles. The van der Waals surface area contributed by atoms with Gasteiger partial charge in [0.25, 0.3) is 0 Å². The summed E-state index contributed by atoms with van der Waals surface area (Å²) in [6, 6.07) is 17.9. The molecule has 1 aliphatic rings. The molecule has 2 heterocycles. The maximum Gasteiger partial charge on any atom is 0.203 e. The number of thiophene rings is 1. The van der Waals surface area contributed by atoms with E-state index in [1.165, 1.54) is 42.0 Å². The molecule has 1 saturated heterocycles. The zero-order valence-electron chi connectivity index (χ0n) is 21.1. The van der Waals surface area contributed by atoms with Crippen LogP contribution in [0.5, 0.6) is 5.75 Å². The monoisotopic (exact) mass is 517 g/mol. The van der Waals surface area contributed by atoms with Crippen molar-refractivity contribution in [1.82, 2.24) is 4.90 Å². The van der Waals surface area contributed by atoms with Crippen LogP contribution in [0.4, 0.5) is 0 Å². The van der Waals surface area contributed by atoms with Gasteiger partial charge in [-0.3, -0.25) is 4.79 Å². The SMILES string of the molecule is Cc1cc(Cl)cc(C)c1C(=O)c1sc2cc(O)ccc2c1Cc1ccc(CCN2CC[C@H](C)C2)cc1. The maximum absolute atomic E-state index is 13.9. The lowest BCUT2D eigenvalue weighted by atomic mass is 9.94. The van der Waals surface area contributed by atoms with Crippen molar-refractivity contribution in [2.45, 2.75) is 40.0 Å². The number of fused-ring (bicyclic) bond motifs is 1. The van der Waals surface area contributed by atoms with E-state index in [1.54, 1.807) is 12.1 Å². The third kappa shape index (κ3) is 5.22. The lowest BCUT2D eigenvalue weighted by Crippen LogP contribution is -2.22. The summed E-state index contributed by atoms with van der Waals surface area (Å²) in [5, 5.41) is 11.7. The minimum absolute atomic E-state index is 0.0221. The molecule has 1 N–H and O–H groups in total. The van der Waals surface area contributed by atoms with Gasteiger partial charge in [-0.15, -0.1) is 11.3 Å². The van der Waals surface area contributed by atoms with E-state index in [4.69, 9.17) is 11.6 Å². The smallest absolute Gasteiger partial charge is 0.203 e. The minimum atomic E-state index is 0.0221. The fraction of sp³-hybridized carbons (Fsp3) is 0.323. The number of ketones is 1. The summed E-state index contributed by atoms with van der Waals surface area (Å²) in [5.74, 6) is 1.05. The number of phenols is 1. The molecular weight excluding hydrogens is 486 g/mol. The van der Waals surface area contributed by atoms with Crippen LogP contribution in [0.25, 0.3) is 10.1 Å². The molecule has 5 rings (SSSR count). The van der Waals surface area contributed by atoms with Crippen molar-refractivity contribution < 1.29 is 9.90 Å². The first-order valence-corrected chi connectivity index (χ1v) is 13.8. The van der Waals surface area contributed by atoms with Gasteiger partial charge in [0.2, 0.25) is 5.78 Å². The Labute approximate surface area is 222 Å². The molecule has 4 aromatic rings. The highest BCUT2D eigenvalue weighted by atomic mass is 35.5. The molecule has 3 aromatic carbocycles. The highest BCUT2D eigenvalue weighted by molar-refractivity contribution is 7.21. The predicted octanol–water partition coefficient (Wildman–Crippen LogP) is 7.58. The van der Waals surface area contributed by atoms with Gasteiger partial charge in [-0.1, -0.05) is 42.8 Å². The molecule has 0 aliphatic carbocycles. The largest absolute Gasteiger partial charge is 0.508 e. The standard InChI is InChI=1S/C31H32ClNO2S/c1-19-10-12-33(18-19)13-11-22-4-6-23(7-5-22)16-27-26-9-8-25(34)17-28(26)36-31(27)30(35)29-20(2)14-24(32)15-21(29)3/h4-9,14-15,17,19,34H,10-13,16,18H2,1-3H3/t19-/m0/s1. The van der Waals surface area contributed by atoms with Crippen LogP contribution < -0.4 is 0 Å². The van der Waals surface area contributed by atoms with Gasteiger partial charge < -0.3 is 10.0 Å². The number of rotatable bonds is 7. The summed E-state index contributed by atoms with van der Waals surface area (Å²) in [4.78, 5) is 17.1. The van der Waals surface area contributed by atoms with Crippen LogP contribution in [0.15, 0.2) is 54.6 Å². The van der Waals surface area contributed by atoms with Gasteiger partial charge in [-0.05, 0) is 109 Å². The third-order valence-corrected chi connectivity index (χ3v) is 8.75. The summed E-state index contributed by atoms with van der Waals surface area (Å²) in [6.07, 6.45) is 3.04. The number of carbonyl (C=O) groups excluding carboxylic acids is 1. The Morgan fingerprint density at radius 1 is 1.06 bits per heavy atom. The summed E-state index contributed by atoms with van der Waals surface area (Å²) in [6.45, 7) is 9.74. The normalized spacial score (nSPS) is 16.2. The number of phenolic OH excluding ortho intramolecular Hbond substituents is 1. The summed E-state index contributed by atoms with van der Waals surface area (Å²) in [5.41, 5.74) is 6.03. The fourth-order valence-corrected chi connectivity index (χ4v) is 6.95. The number of hydrogen-bond acceptors (Lipinski definition) is 4. The molecule has 36 heavy (non-hydrogen) atoms. The molecule has 0 saturated carbocycles. The molecule has 1 fully saturated rings. The molecule has 186 valence electrons. The number of carbonyl (C=O) groups is 1. The van der Waals surface area contributed by atoms with Crippen molar-refractivity contribution in [2.75, 3.05) is 19.6 Å². The maximum atomic E-state index is 13.9. The van der Waals surface area contributed by atoms with E-state index in [0.717, 1.165) is 50.5 Å². The second kappa shape index (κ2) is 10.4. The van der Waals surface area contributed by atoms with Crippen molar-refractivity contribution in [1.29, 1.82) is 0 Å². The van der Waals surface area contributed by atoms with Crippen LogP contribution in [0, 0.1) is 19.8 Å². The lowest BCUT2D eigenvalue weighted by molar-refractivity contribution is 0.104. The zero-order valence-corrected chi connectivity index (χ0v) is 22.7. The Balaban J connectivity index is 1.44. The first-order valence-electron chi connectivity index (χ1n) is 12.6. The molecule has 0 bridgehead atoms. The van der Waals surface area contributed by atoms with Gasteiger partial charge in [-0.25, -0.2) is 0 Å². The third-order valence-electron chi connectivity index (χ3n) is 7.34. The van der Waals surface area contributed by atoms with E-state index in [9.17, 15) is 9.90 Å². The number of aryl methyl sites for hydroxylation is 2. The highest BCUT2D eigenvalue weighted by Gasteiger charge is 2.23. The van der Waals surface area contributed by atoms with Crippen LogP contribution in [-0.4, -0.2) is 35.4 Å². The number of hydrogen-bond donors (Lipinski definition) is 1. The number of likely N-dealkylation sites (tertiary alicyclic amines) is 1. The fourth-order valence-electron chi connectivity index (χ4n) is 5.42. The van der Waals surface area contributed by atoms with Crippen molar-refractivity contribution >= 4 is 38.8 Å². The topological polar surface area (TPSA) is 40.5 Å². The van der Waals surface area contributed by atoms with Crippen LogP contribution >= 0.6 is 22.9 Å². The molecular formula is C31H32ClNO2S. The van der Waals surface area contributed by atoms with Gasteiger partial charge in [0.1, 0.15) is 5.75 Å². The number of aromatic hydroxyl groups is 1. The predicted molar refractivity (Wildman–Crippen MR) is 151 cm³/mol. The second-order valence-corrected chi connectivity index (χ2v) is 11.8. The first-order chi connectivity index (χ1) is 17.3. The Bertz CT molecular complexity index is 1400. The van der Waals surface area contributed by atoms with Gasteiger partial charge >= 0.3 is 0 Å². The number of halogens is 1. The number of benzene rings is 3. The molecule has 1 atom stereocenters. The summed E-state index contributed by atoms with van der Waals surface area (Å²) < 4.78 is 0.925. The Morgan fingerprint density at radius 2 is 1.75 bits per heavy atom. The van der Waals surface area contributed by atoms with Crippen LogP contribution in [0.2, 0.25) is 5.02 Å². The van der Waals surface area contributed by atoms with Crippen molar-refractivity contribution in [3.8, 4) is 5.75 Å². The summed E-state index contributed by atoms with van der Waals surface area (Å²) in [7, 11) is 0. The molecule has 5 heteroatoms. The second-order valence-electron chi connectivity index (χ2n) is 10.3. The number of nitrogens with zero attached hydrogens (tertiary/aromatic N) is 1. The quantitative estimate of drug-likeness (QED) is 0.257. The molecule has 1 aliphatic heterocycles. The van der Waals surface area contributed by atoms with Crippen LogP contribution in [-0.2, 0) is 12.8 Å². The van der Waals surface area contributed by atoms with Gasteiger partial charge in [0.15, 0.2) is 0 Å². The van der Waals surface area contributed by atoms with Crippen molar-refractivity contribution in [3.05, 3.63) is 97.9 Å². The highest BCUT2D eigenvalue weighted by Crippen LogP contribution is 2.37. The minimum Gasteiger partial charge on any atom is -0.508 e. The molecule has 0 unspecified atom stereocenters. The first kappa shape index (κ1) is 25.0. The zero-order chi connectivity index (χ0) is 25.4. The summed E-state index contributed by atoms with van der Waals surface area (Å²) >= 11 is 7.69. The molecule has 0 amide bonds. The Kier molecular flexibility index (Phi) is 7.21. The Morgan fingerprint density at radius 3 is 2.42 bits per heavy atom. The van der Waals surface area contributed by atoms with Crippen LogP contribution in [0.1, 0.15) is 56.4 Å². The van der Waals surface area contributed by atoms with Gasteiger partial charge in [-0.2, -0.15) is 0 Å². The molecule has 0 radical (unpaired) electrons. The van der Waals surface area contributed by atoms with Gasteiger partial charge in [0, 0.05) is 28.4 Å². The lowest BCUT2D eigenvalue weighted by Gasteiger charge is -2.15. The van der Waals surface area contributed by atoms with E-state index in [2.05, 4.69) is 36.1 Å². The van der Waals surface area contributed by atoms with E-state index in [1.807, 2.05) is 32.0 Å². The molecule has 3 nitrogen and oxygen atoms in total. The van der Waals surface area contributed by atoms with Crippen LogP contribution in [0.3, 0.4) is 0 Å².